The molecule has 0 spiro atoms. The van der Waals surface area contributed by atoms with Crippen molar-refractivity contribution in [3.63, 3.8) is 0 Å². The van der Waals surface area contributed by atoms with Crippen LogP contribution in [0.2, 0.25) is 10.3 Å². The summed E-state index contributed by atoms with van der Waals surface area (Å²) in [5.74, 6) is -0.342. The molecule has 2 heterocycles. The van der Waals surface area contributed by atoms with E-state index in [1.54, 1.807) is 12.3 Å². The molecule has 110 valence electrons. The number of hydrogen-bond acceptors (Lipinski definition) is 4. The van der Waals surface area contributed by atoms with E-state index < -0.39 is 0 Å². The molecule has 1 amide bonds. The highest BCUT2D eigenvalue weighted by Gasteiger charge is 2.12. The summed E-state index contributed by atoms with van der Waals surface area (Å²) in [5, 5.41) is 5.90. The lowest BCUT2D eigenvalue weighted by Crippen LogP contribution is -2.13. The van der Waals surface area contributed by atoms with Crippen LogP contribution in [0.1, 0.15) is 10.4 Å². The molecule has 0 unspecified atom stereocenters. The van der Waals surface area contributed by atoms with E-state index in [4.69, 9.17) is 23.2 Å². The van der Waals surface area contributed by atoms with Gasteiger partial charge in [0.25, 0.3) is 5.91 Å². The molecule has 0 radical (unpaired) electrons. The number of hydrogen-bond donors (Lipinski definition) is 1. The third-order valence-electron chi connectivity index (χ3n) is 2.86. The molecule has 4 nitrogen and oxygen atoms in total. The Morgan fingerprint density at radius 3 is 2.77 bits per heavy atom. The predicted octanol–water partition coefficient (Wildman–Crippen LogP) is 4.76. The maximum absolute atomic E-state index is 12.3. The minimum Gasteiger partial charge on any atom is -0.322 e. The summed E-state index contributed by atoms with van der Waals surface area (Å²) in [6, 6.07) is 10.5. The molecule has 1 N–H and O–H groups in total. The van der Waals surface area contributed by atoms with Crippen LogP contribution >= 0.6 is 34.5 Å². The molecule has 0 aliphatic rings. The van der Waals surface area contributed by atoms with E-state index in [9.17, 15) is 4.79 Å². The Balaban J connectivity index is 1.84. The van der Waals surface area contributed by atoms with E-state index in [2.05, 4.69) is 15.3 Å². The number of carbonyl (C=O) groups is 1. The van der Waals surface area contributed by atoms with E-state index >= 15 is 0 Å². The molecule has 0 fully saturated rings. The first-order valence-electron chi connectivity index (χ1n) is 6.27. The van der Waals surface area contributed by atoms with Gasteiger partial charge in [0, 0.05) is 22.8 Å². The number of aromatic nitrogens is 2. The van der Waals surface area contributed by atoms with Gasteiger partial charge in [-0.2, -0.15) is 0 Å². The first kappa shape index (κ1) is 15.0. The van der Waals surface area contributed by atoms with E-state index in [0.29, 0.717) is 5.69 Å². The lowest BCUT2D eigenvalue weighted by atomic mass is 10.2. The van der Waals surface area contributed by atoms with Crippen molar-refractivity contribution >= 4 is 46.1 Å². The van der Waals surface area contributed by atoms with Crippen molar-refractivity contribution < 1.29 is 4.79 Å². The van der Waals surface area contributed by atoms with Gasteiger partial charge in [0.15, 0.2) is 0 Å². The van der Waals surface area contributed by atoms with Crippen molar-refractivity contribution in [2.45, 2.75) is 0 Å². The minimum absolute atomic E-state index is 0.0704. The number of nitrogens with zero attached hydrogens (tertiary/aromatic N) is 2. The molecule has 0 atom stereocenters. The average Bonchev–Trinajstić information content (AvgIpc) is 3.01. The fraction of sp³-hybridized carbons (Fsp3) is 0. The smallest absolute Gasteiger partial charge is 0.258 e. The SMILES string of the molecule is O=C(Nc1cccc(-c2nccs2)c1)c1ccc(Cl)nc1Cl. The Bertz CT molecular complexity index is 821. The van der Waals surface area contributed by atoms with Gasteiger partial charge in [-0.3, -0.25) is 4.79 Å². The van der Waals surface area contributed by atoms with Crippen LogP contribution in [0.3, 0.4) is 0 Å². The Morgan fingerprint density at radius 1 is 1.18 bits per heavy atom. The largest absolute Gasteiger partial charge is 0.322 e. The number of pyridine rings is 1. The van der Waals surface area contributed by atoms with E-state index in [1.165, 1.54) is 23.5 Å². The number of anilines is 1. The molecule has 0 aliphatic carbocycles. The summed E-state index contributed by atoms with van der Waals surface area (Å²) in [6.45, 7) is 0. The number of rotatable bonds is 3. The van der Waals surface area contributed by atoms with Crippen molar-refractivity contribution in [3.05, 3.63) is 63.8 Å². The number of thiazole rings is 1. The lowest BCUT2D eigenvalue weighted by molar-refractivity contribution is 0.102. The second kappa shape index (κ2) is 6.44. The Labute approximate surface area is 140 Å². The maximum atomic E-state index is 12.3. The predicted molar refractivity (Wildman–Crippen MR) is 89.8 cm³/mol. The van der Waals surface area contributed by atoms with Gasteiger partial charge < -0.3 is 5.32 Å². The summed E-state index contributed by atoms with van der Waals surface area (Å²) >= 11 is 13.2. The van der Waals surface area contributed by atoms with Crippen LogP contribution in [-0.2, 0) is 0 Å². The molecular weight excluding hydrogens is 341 g/mol. The zero-order valence-electron chi connectivity index (χ0n) is 11.1. The number of halogens is 2. The summed E-state index contributed by atoms with van der Waals surface area (Å²) in [4.78, 5) is 20.4. The molecular formula is C15H9Cl2N3OS. The van der Waals surface area contributed by atoms with Gasteiger partial charge in [-0.05, 0) is 24.3 Å². The minimum atomic E-state index is -0.342. The standard InChI is InChI=1S/C15H9Cl2N3OS/c16-12-5-4-11(13(17)20-12)14(21)19-10-3-1-2-9(8-10)15-18-6-7-22-15/h1-8H,(H,19,21). The normalized spacial score (nSPS) is 10.5. The van der Waals surface area contributed by atoms with Crippen LogP contribution in [0.4, 0.5) is 5.69 Å². The van der Waals surface area contributed by atoms with Crippen molar-refractivity contribution in [1.82, 2.24) is 9.97 Å². The van der Waals surface area contributed by atoms with Crippen LogP contribution < -0.4 is 5.32 Å². The first-order chi connectivity index (χ1) is 10.6. The van der Waals surface area contributed by atoms with Crippen LogP contribution in [0, 0.1) is 0 Å². The van der Waals surface area contributed by atoms with Crippen molar-refractivity contribution in [1.29, 1.82) is 0 Å². The monoisotopic (exact) mass is 349 g/mol. The van der Waals surface area contributed by atoms with E-state index in [-0.39, 0.29) is 21.8 Å². The maximum Gasteiger partial charge on any atom is 0.258 e. The molecule has 0 saturated carbocycles. The van der Waals surface area contributed by atoms with Gasteiger partial charge in [-0.15, -0.1) is 11.3 Å². The Morgan fingerprint density at radius 2 is 2.05 bits per heavy atom. The fourth-order valence-corrected chi connectivity index (χ4v) is 2.94. The van der Waals surface area contributed by atoms with Gasteiger partial charge in [0.1, 0.15) is 15.3 Å². The topological polar surface area (TPSA) is 54.9 Å². The van der Waals surface area contributed by atoms with E-state index in [0.717, 1.165) is 10.6 Å². The molecule has 0 saturated heterocycles. The number of amides is 1. The van der Waals surface area contributed by atoms with Crippen LogP contribution in [0.15, 0.2) is 48.0 Å². The molecule has 7 heteroatoms. The highest BCUT2D eigenvalue weighted by Crippen LogP contribution is 2.25. The highest BCUT2D eigenvalue weighted by atomic mass is 35.5. The third-order valence-corrected chi connectivity index (χ3v) is 4.18. The van der Waals surface area contributed by atoms with Gasteiger partial charge in [0.05, 0.1) is 5.56 Å². The van der Waals surface area contributed by atoms with Crippen molar-refractivity contribution in [2.75, 3.05) is 5.32 Å². The van der Waals surface area contributed by atoms with Crippen molar-refractivity contribution in [3.8, 4) is 10.6 Å². The first-order valence-corrected chi connectivity index (χ1v) is 7.90. The van der Waals surface area contributed by atoms with E-state index in [1.807, 2.05) is 23.6 Å². The molecule has 3 rings (SSSR count). The second-order valence-electron chi connectivity index (χ2n) is 4.34. The second-order valence-corrected chi connectivity index (χ2v) is 5.98. The summed E-state index contributed by atoms with van der Waals surface area (Å²) in [6.07, 6.45) is 1.74. The zero-order valence-corrected chi connectivity index (χ0v) is 13.4. The Kier molecular flexibility index (Phi) is 4.38. The summed E-state index contributed by atoms with van der Waals surface area (Å²) < 4.78 is 0. The van der Waals surface area contributed by atoms with Crippen molar-refractivity contribution in [2.24, 2.45) is 0 Å². The van der Waals surface area contributed by atoms with Crippen LogP contribution in [0.5, 0.6) is 0 Å². The quantitative estimate of drug-likeness (QED) is 0.693. The Hall–Kier alpha value is -1.95. The van der Waals surface area contributed by atoms with Gasteiger partial charge >= 0.3 is 0 Å². The molecule has 3 aromatic rings. The molecule has 0 bridgehead atoms. The number of carbonyl (C=O) groups excluding carboxylic acids is 1. The zero-order chi connectivity index (χ0) is 15.5. The van der Waals surface area contributed by atoms with Crippen LogP contribution in [0.25, 0.3) is 10.6 Å². The summed E-state index contributed by atoms with van der Waals surface area (Å²) in [5.41, 5.74) is 1.86. The van der Waals surface area contributed by atoms with Gasteiger partial charge in [-0.25, -0.2) is 9.97 Å². The third kappa shape index (κ3) is 3.27. The average molecular weight is 350 g/mol. The number of benzene rings is 1. The number of nitrogens with one attached hydrogen (secondary N) is 1. The molecule has 2 aromatic heterocycles. The van der Waals surface area contributed by atoms with Gasteiger partial charge in [-0.1, -0.05) is 35.3 Å². The van der Waals surface area contributed by atoms with Crippen LogP contribution in [-0.4, -0.2) is 15.9 Å². The molecule has 1 aromatic carbocycles. The van der Waals surface area contributed by atoms with Gasteiger partial charge in [0.2, 0.25) is 0 Å². The highest BCUT2D eigenvalue weighted by molar-refractivity contribution is 7.13. The lowest BCUT2D eigenvalue weighted by Gasteiger charge is -2.07. The molecule has 22 heavy (non-hydrogen) atoms. The summed E-state index contributed by atoms with van der Waals surface area (Å²) in [7, 11) is 0. The molecule has 0 aliphatic heterocycles. The fourth-order valence-electron chi connectivity index (χ4n) is 1.88.